The number of aryl methyl sites for hydroxylation is 2. The van der Waals surface area contributed by atoms with Crippen molar-refractivity contribution < 1.29 is 9.53 Å². The van der Waals surface area contributed by atoms with Gasteiger partial charge in [0.25, 0.3) is 0 Å². The summed E-state index contributed by atoms with van der Waals surface area (Å²) >= 11 is 0. The summed E-state index contributed by atoms with van der Waals surface area (Å²) in [5.41, 5.74) is 3.00. The molecule has 1 aliphatic carbocycles. The minimum absolute atomic E-state index is 0.160. The lowest BCUT2D eigenvalue weighted by Gasteiger charge is -2.22. The van der Waals surface area contributed by atoms with Crippen LogP contribution in [0.2, 0.25) is 0 Å². The summed E-state index contributed by atoms with van der Waals surface area (Å²) in [4.78, 5) is 12.7. The standard InChI is InChI=1S/C18H26O2/c1-12(2)20-17-11-13(3)16(10-14(17)4)18(19)15-8-6-5-7-9-15/h10-12,15H,5-9H2,1-4H3. The molecule has 0 N–H and O–H groups in total. The van der Waals surface area contributed by atoms with E-state index in [1.54, 1.807) is 0 Å². The fourth-order valence-electron chi connectivity index (χ4n) is 3.02. The van der Waals surface area contributed by atoms with Gasteiger partial charge in [0.05, 0.1) is 6.10 Å². The summed E-state index contributed by atoms with van der Waals surface area (Å²) < 4.78 is 5.79. The van der Waals surface area contributed by atoms with Crippen LogP contribution >= 0.6 is 0 Å². The first kappa shape index (κ1) is 15.1. The number of ketones is 1. The van der Waals surface area contributed by atoms with Crippen LogP contribution in [0.1, 0.15) is 67.4 Å². The molecule has 1 saturated carbocycles. The lowest BCUT2D eigenvalue weighted by atomic mass is 9.82. The first-order valence-electron chi connectivity index (χ1n) is 7.81. The number of hydrogen-bond acceptors (Lipinski definition) is 2. The SMILES string of the molecule is Cc1cc(C(=O)C2CCCCC2)c(C)cc1OC(C)C. The minimum atomic E-state index is 0.160. The van der Waals surface area contributed by atoms with E-state index in [0.29, 0.717) is 5.78 Å². The second-order valence-corrected chi connectivity index (χ2v) is 6.30. The van der Waals surface area contributed by atoms with E-state index >= 15 is 0 Å². The third kappa shape index (κ3) is 3.41. The maximum absolute atomic E-state index is 12.7. The van der Waals surface area contributed by atoms with Crippen molar-refractivity contribution in [1.82, 2.24) is 0 Å². The van der Waals surface area contributed by atoms with Gasteiger partial charge in [-0.05, 0) is 63.8 Å². The molecule has 0 amide bonds. The van der Waals surface area contributed by atoms with Crippen molar-refractivity contribution in [3.8, 4) is 5.75 Å². The van der Waals surface area contributed by atoms with Gasteiger partial charge in [-0.3, -0.25) is 4.79 Å². The van der Waals surface area contributed by atoms with Crippen LogP contribution in [0.5, 0.6) is 5.75 Å². The Morgan fingerprint density at radius 2 is 1.75 bits per heavy atom. The van der Waals surface area contributed by atoms with E-state index in [1.165, 1.54) is 19.3 Å². The van der Waals surface area contributed by atoms with Gasteiger partial charge in [-0.25, -0.2) is 0 Å². The summed E-state index contributed by atoms with van der Waals surface area (Å²) in [6.45, 7) is 8.09. The van der Waals surface area contributed by atoms with Gasteiger partial charge < -0.3 is 4.74 Å². The third-order valence-electron chi connectivity index (χ3n) is 4.13. The molecular weight excluding hydrogens is 248 g/mol. The molecule has 0 atom stereocenters. The number of Topliss-reactive ketones (excluding diaryl/α,β-unsaturated/α-hetero) is 1. The molecule has 110 valence electrons. The topological polar surface area (TPSA) is 26.3 Å². The molecule has 2 nitrogen and oxygen atoms in total. The van der Waals surface area contributed by atoms with E-state index in [2.05, 4.69) is 0 Å². The van der Waals surface area contributed by atoms with Crippen LogP contribution in [0.25, 0.3) is 0 Å². The first-order valence-corrected chi connectivity index (χ1v) is 7.81. The number of benzene rings is 1. The maximum atomic E-state index is 12.7. The van der Waals surface area contributed by atoms with Crippen molar-refractivity contribution in [1.29, 1.82) is 0 Å². The van der Waals surface area contributed by atoms with Gasteiger partial charge in [-0.2, -0.15) is 0 Å². The predicted octanol–water partition coefficient (Wildman–Crippen LogP) is 4.85. The summed E-state index contributed by atoms with van der Waals surface area (Å²) in [7, 11) is 0. The van der Waals surface area contributed by atoms with Crippen molar-refractivity contribution in [3.05, 3.63) is 28.8 Å². The summed E-state index contributed by atoms with van der Waals surface area (Å²) in [6.07, 6.45) is 5.95. The van der Waals surface area contributed by atoms with Crippen molar-refractivity contribution >= 4 is 5.78 Å². The zero-order valence-corrected chi connectivity index (χ0v) is 13.2. The monoisotopic (exact) mass is 274 g/mol. The molecule has 0 heterocycles. The Bertz CT molecular complexity index is 482. The molecule has 20 heavy (non-hydrogen) atoms. The van der Waals surface area contributed by atoms with Crippen LogP contribution in [0.4, 0.5) is 0 Å². The second-order valence-electron chi connectivity index (χ2n) is 6.30. The molecule has 0 radical (unpaired) electrons. The Labute approximate surface area is 122 Å². The zero-order valence-electron chi connectivity index (χ0n) is 13.2. The third-order valence-corrected chi connectivity index (χ3v) is 4.13. The number of carbonyl (C=O) groups excluding carboxylic acids is 1. The molecule has 0 aliphatic heterocycles. The Morgan fingerprint density at radius 3 is 2.35 bits per heavy atom. The van der Waals surface area contributed by atoms with E-state index < -0.39 is 0 Å². The van der Waals surface area contributed by atoms with Crippen molar-refractivity contribution in [3.63, 3.8) is 0 Å². The average Bonchev–Trinajstić information content (AvgIpc) is 2.42. The molecular formula is C18H26O2. The second kappa shape index (κ2) is 6.43. The number of carbonyl (C=O) groups is 1. The van der Waals surface area contributed by atoms with E-state index in [-0.39, 0.29) is 12.0 Å². The number of rotatable bonds is 4. The smallest absolute Gasteiger partial charge is 0.166 e. The van der Waals surface area contributed by atoms with Gasteiger partial charge in [-0.1, -0.05) is 19.3 Å². The lowest BCUT2D eigenvalue weighted by molar-refractivity contribution is 0.0889. The van der Waals surface area contributed by atoms with E-state index in [4.69, 9.17) is 4.74 Å². The van der Waals surface area contributed by atoms with Crippen LogP contribution in [0.3, 0.4) is 0 Å². The maximum Gasteiger partial charge on any atom is 0.166 e. The average molecular weight is 274 g/mol. The van der Waals surface area contributed by atoms with Crippen molar-refractivity contribution in [2.75, 3.05) is 0 Å². The van der Waals surface area contributed by atoms with Crippen LogP contribution < -0.4 is 4.74 Å². The molecule has 1 fully saturated rings. The summed E-state index contributed by atoms with van der Waals surface area (Å²) in [5, 5.41) is 0. The van der Waals surface area contributed by atoms with Gasteiger partial charge in [0.1, 0.15) is 5.75 Å². The quantitative estimate of drug-likeness (QED) is 0.733. The zero-order chi connectivity index (χ0) is 14.7. The molecule has 1 aliphatic rings. The highest BCUT2D eigenvalue weighted by Gasteiger charge is 2.24. The highest BCUT2D eigenvalue weighted by atomic mass is 16.5. The summed E-state index contributed by atoms with van der Waals surface area (Å²) in [6, 6.07) is 4.04. The molecule has 0 bridgehead atoms. The summed E-state index contributed by atoms with van der Waals surface area (Å²) in [5.74, 6) is 1.47. The molecule has 0 saturated heterocycles. The van der Waals surface area contributed by atoms with Crippen LogP contribution in [0.15, 0.2) is 12.1 Å². The Morgan fingerprint density at radius 1 is 1.10 bits per heavy atom. The van der Waals surface area contributed by atoms with Gasteiger partial charge in [0.15, 0.2) is 5.78 Å². The molecule has 2 heteroatoms. The number of ether oxygens (including phenoxy) is 1. The number of hydrogen-bond donors (Lipinski definition) is 0. The van der Waals surface area contributed by atoms with Gasteiger partial charge in [0, 0.05) is 11.5 Å². The molecule has 0 aromatic heterocycles. The van der Waals surface area contributed by atoms with E-state index in [9.17, 15) is 4.79 Å². The molecule has 1 aromatic rings. The lowest BCUT2D eigenvalue weighted by Crippen LogP contribution is -2.19. The normalized spacial score (nSPS) is 16.4. The fourth-order valence-corrected chi connectivity index (χ4v) is 3.02. The minimum Gasteiger partial charge on any atom is -0.491 e. The van der Waals surface area contributed by atoms with Crippen LogP contribution in [0, 0.1) is 19.8 Å². The van der Waals surface area contributed by atoms with Crippen molar-refractivity contribution in [2.45, 2.75) is 65.9 Å². The molecule has 1 aromatic carbocycles. The first-order chi connectivity index (χ1) is 9.49. The Hall–Kier alpha value is -1.31. The Kier molecular flexibility index (Phi) is 4.85. The molecule has 0 spiro atoms. The molecule has 0 unspecified atom stereocenters. The highest BCUT2D eigenvalue weighted by molar-refractivity contribution is 5.99. The van der Waals surface area contributed by atoms with Gasteiger partial charge >= 0.3 is 0 Å². The largest absolute Gasteiger partial charge is 0.491 e. The van der Waals surface area contributed by atoms with Gasteiger partial charge in [-0.15, -0.1) is 0 Å². The molecule has 2 rings (SSSR count). The van der Waals surface area contributed by atoms with Crippen LogP contribution in [-0.4, -0.2) is 11.9 Å². The van der Waals surface area contributed by atoms with E-state index in [1.807, 2.05) is 39.8 Å². The fraction of sp³-hybridized carbons (Fsp3) is 0.611. The predicted molar refractivity (Wildman–Crippen MR) is 82.6 cm³/mol. The van der Waals surface area contributed by atoms with E-state index in [0.717, 1.165) is 35.3 Å². The highest BCUT2D eigenvalue weighted by Crippen LogP contribution is 2.30. The van der Waals surface area contributed by atoms with Crippen LogP contribution in [-0.2, 0) is 0 Å². The van der Waals surface area contributed by atoms with Crippen molar-refractivity contribution in [2.24, 2.45) is 5.92 Å². The van der Waals surface area contributed by atoms with Gasteiger partial charge in [0.2, 0.25) is 0 Å². The Balaban J connectivity index is 2.23.